The molecule has 0 saturated heterocycles. The van der Waals surface area contributed by atoms with E-state index in [4.69, 9.17) is 5.73 Å². The van der Waals surface area contributed by atoms with Gasteiger partial charge in [-0.05, 0) is 18.6 Å². The highest BCUT2D eigenvalue weighted by Crippen LogP contribution is 2.37. The van der Waals surface area contributed by atoms with Crippen LogP contribution < -0.4 is 5.73 Å². The predicted molar refractivity (Wildman–Crippen MR) is 55.9 cm³/mol. The van der Waals surface area contributed by atoms with E-state index in [1.165, 1.54) is 11.3 Å². The molecule has 0 bridgehead atoms. The molecule has 0 atom stereocenters. The molecule has 4 heteroatoms. The van der Waals surface area contributed by atoms with Gasteiger partial charge in [0.15, 0.2) is 0 Å². The minimum atomic E-state index is -2.46. The first-order chi connectivity index (χ1) is 6.61. The van der Waals surface area contributed by atoms with Crippen LogP contribution in [-0.4, -0.2) is 0 Å². The fourth-order valence-corrected chi connectivity index (χ4v) is 2.43. The highest BCUT2D eigenvalue weighted by atomic mass is 32.1. The standard InChI is InChI=1S/C10H9F2NS/c1-5-2-3-7-9(6(13)4-14-7)8(5)10(11)12/h2-4,10H,13H2,1H3. The van der Waals surface area contributed by atoms with Crippen LogP contribution in [0.15, 0.2) is 17.5 Å². The number of rotatable bonds is 1. The Morgan fingerprint density at radius 3 is 2.71 bits per heavy atom. The third-order valence-electron chi connectivity index (χ3n) is 2.25. The number of hydrogen-bond acceptors (Lipinski definition) is 2. The second kappa shape index (κ2) is 3.20. The van der Waals surface area contributed by atoms with Crippen LogP contribution in [0.4, 0.5) is 14.5 Å². The average Bonchev–Trinajstić information content (AvgIpc) is 2.47. The van der Waals surface area contributed by atoms with E-state index in [9.17, 15) is 8.78 Å². The molecule has 0 aliphatic carbocycles. The number of nitrogen functional groups attached to an aromatic ring is 1. The van der Waals surface area contributed by atoms with Gasteiger partial charge in [-0.2, -0.15) is 0 Å². The molecule has 0 spiro atoms. The summed E-state index contributed by atoms with van der Waals surface area (Å²) in [7, 11) is 0. The van der Waals surface area contributed by atoms with E-state index in [1.807, 2.05) is 6.07 Å². The molecule has 0 fully saturated rings. The number of thiophene rings is 1. The van der Waals surface area contributed by atoms with E-state index >= 15 is 0 Å². The molecule has 0 aliphatic rings. The topological polar surface area (TPSA) is 26.0 Å². The van der Waals surface area contributed by atoms with Crippen LogP contribution in [0.3, 0.4) is 0 Å². The predicted octanol–water partition coefficient (Wildman–Crippen LogP) is 3.73. The lowest BCUT2D eigenvalue weighted by atomic mass is 10.0. The lowest BCUT2D eigenvalue weighted by molar-refractivity contribution is 0.152. The van der Waals surface area contributed by atoms with E-state index in [0.29, 0.717) is 16.6 Å². The molecule has 2 rings (SSSR count). The zero-order valence-corrected chi connectivity index (χ0v) is 8.37. The smallest absolute Gasteiger partial charge is 0.264 e. The zero-order chi connectivity index (χ0) is 10.3. The Kier molecular flexibility index (Phi) is 2.15. The Labute approximate surface area is 84.2 Å². The summed E-state index contributed by atoms with van der Waals surface area (Å²) in [5.41, 5.74) is 6.77. The van der Waals surface area contributed by atoms with E-state index in [2.05, 4.69) is 0 Å². The van der Waals surface area contributed by atoms with E-state index in [0.717, 1.165) is 4.70 Å². The van der Waals surface area contributed by atoms with Crippen molar-refractivity contribution in [1.82, 2.24) is 0 Å². The fraction of sp³-hybridized carbons (Fsp3) is 0.200. The molecule has 1 nitrogen and oxygen atoms in total. The van der Waals surface area contributed by atoms with Crippen LogP contribution in [0.25, 0.3) is 10.1 Å². The van der Waals surface area contributed by atoms with Crippen molar-refractivity contribution in [3.8, 4) is 0 Å². The molecule has 2 aromatic rings. The van der Waals surface area contributed by atoms with Gasteiger partial charge in [0.2, 0.25) is 0 Å². The molecular formula is C10H9F2NS. The SMILES string of the molecule is Cc1ccc2scc(N)c2c1C(F)F. The highest BCUT2D eigenvalue weighted by molar-refractivity contribution is 7.17. The Balaban J connectivity index is 2.87. The van der Waals surface area contributed by atoms with Gasteiger partial charge in [0.1, 0.15) is 0 Å². The van der Waals surface area contributed by atoms with Crippen LogP contribution in [-0.2, 0) is 0 Å². The maximum atomic E-state index is 12.8. The first kappa shape index (κ1) is 9.40. The van der Waals surface area contributed by atoms with E-state index in [-0.39, 0.29) is 5.56 Å². The molecule has 0 aliphatic heterocycles. The molecular weight excluding hydrogens is 204 g/mol. The summed E-state index contributed by atoms with van der Waals surface area (Å²) in [6, 6.07) is 3.54. The molecule has 0 unspecified atom stereocenters. The number of anilines is 1. The van der Waals surface area contributed by atoms with Crippen molar-refractivity contribution in [2.75, 3.05) is 5.73 Å². The summed E-state index contributed by atoms with van der Waals surface area (Å²) in [5, 5.41) is 2.22. The van der Waals surface area contributed by atoms with Crippen molar-refractivity contribution in [3.05, 3.63) is 28.6 Å². The van der Waals surface area contributed by atoms with Crippen LogP contribution in [0.2, 0.25) is 0 Å². The van der Waals surface area contributed by atoms with Crippen molar-refractivity contribution in [1.29, 1.82) is 0 Å². The first-order valence-corrected chi connectivity index (χ1v) is 5.03. The van der Waals surface area contributed by atoms with Gasteiger partial charge in [0, 0.05) is 21.0 Å². The Morgan fingerprint density at radius 2 is 2.07 bits per heavy atom. The molecule has 1 aromatic heterocycles. The second-order valence-electron chi connectivity index (χ2n) is 3.16. The molecule has 0 radical (unpaired) electrons. The van der Waals surface area contributed by atoms with Crippen LogP contribution in [0.1, 0.15) is 17.6 Å². The quantitative estimate of drug-likeness (QED) is 0.767. The van der Waals surface area contributed by atoms with Crippen LogP contribution in [0.5, 0.6) is 0 Å². The molecule has 1 heterocycles. The van der Waals surface area contributed by atoms with Gasteiger partial charge in [0.05, 0.1) is 5.69 Å². The molecule has 1 aromatic carbocycles. The number of halogens is 2. The minimum Gasteiger partial charge on any atom is -0.398 e. The number of fused-ring (bicyclic) bond motifs is 1. The normalized spacial score (nSPS) is 11.4. The van der Waals surface area contributed by atoms with Gasteiger partial charge < -0.3 is 5.73 Å². The van der Waals surface area contributed by atoms with Crippen molar-refractivity contribution in [2.45, 2.75) is 13.3 Å². The van der Waals surface area contributed by atoms with E-state index in [1.54, 1.807) is 18.4 Å². The van der Waals surface area contributed by atoms with Crippen LogP contribution in [0, 0.1) is 6.92 Å². The van der Waals surface area contributed by atoms with Gasteiger partial charge in [-0.1, -0.05) is 6.07 Å². The highest BCUT2D eigenvalue weighted by Gasteiger charge is 2.17. The summed E-state index contributed by atoms with van der Waals surface area (Å²) in [4.78, 5) is 0. The third-order valence-corrected chi connectivity index (χ3v) is 3.21. The first-order valence-electron chi connectivity index (χ1n) is 4.15. The fourth-order valence-electron chi connectivity index (χ4n) is 1.57. The molecule has 74 valence electrons. The minimum absolute atomic E-state index is 0.0706. The second-order valence-corrected chi connectivity index (χ2v) is 4.07. The van der Waals surface area contributed by atoms with Gasteiger partial charge in [0.25, 0.3) is 6.43 Å². The monoisotopic (exact) mass is 213 g/mol. The number of nitrogens with two attached hydrogens (primary N) is 1. The lowest BCUT2D eigenvalue weighted by Crippen LogP contribution is -1.92. The Hall–Kier alpha value is -1.16. The molecule has 0 amide bonds. The summed E-state index contributed by atoms with van der Waals surface area (Å²) >= 11 is 1.40. The Morgan fingerprint density at radius 1 is 1.36 bits per heavy atom. The number of aryl methyl sites for hydroxylation is 1. The van der Waals surface area contributed by atoms with Crippen molar-refractivity contribution in [3.63, 3.8) is 0 Å². The molecule has 2 N–H and O–H groups in total. The summed E-state index contributed by atoms with van der Waals surface area (Å²) in [5.74, 6) is 0. The number of benzene rings is 1. The summed E-state index contributed by atoms with van der Waals surface area (Å²) in [6.07, 6.45) is -2.46. The van der Waals surface area contributed by atoms with Crippen molar-refractivity contribution < 1.29 is 8.78 Å². The van der Waals surface area contributed by atoms with E-state index < -0.39 is 6.43 Å². The van der Waals surface area contributed by atoms with Crippen LogP contribution >= 0.6 is 11.3 Å². The van der Waals surface area contributed by atoms with Gasteiger partial charge in [-0.15, -0.1) is 11.3 Å². The van der Waals surface area contributed by atoms with Gasteiger partial charge >= 0.3 is 0 Å². The lowest BCUT2D eigenvalue weighted by Gasteiger charge is -2.06. The maximum absolute atomic E-state index is 12.8. The molecule has 0 saturated carbocycles. The number of alkyl halides is 2. The average molecular weight is 213 g/mol. The zero-order valence-electron chi connectivity index (χ0n) is 7.55. The summed E-state index contributed by atoms with van der Waals surface area (Å²) < 4.78 is 26.4. The third kappa shape index (κ3) is 1.26. The Bertz CT molecular complexity index is 476. The van der Waals surface area contributed by atoms with Crippen molar-refractivity contribution in [2.24, 2.45) is 0 Å². The largest absolute Gasteiger partial charge is 0.398 e. The molecule has 14 heavy (non-hydrogen) atoms. The maximum Gasteiger partial charge on any atom is 0.264 e. The number of hydrogen-bond donors (Lipinski definition) is 1. The van der Waals surface area contributed by atoms with Crippen molar-refractivity contribution >= 4 is 27.1 Å². The van der Waals surface area contributed by atoms with Gasteiger partial charge in [-0.3, -0.25) is 0 Å². The van der Waals surface area contributed by atoms with Gasteiger partial charge in [-0.25, -0.2) is 8.78 Å². The summed E-state index contributed by atoms with van der Waals surface area (Å²) in [6.45, 7) is 1.68.